The van der Waals surface area contributed by atoms with Crippen molar-refractivity contribution in [1.29, 1.82) is 0 Å². The molecule has 2 rings (SSSR count). The molecule has 0 saturated carbocycles. The fourth-order valence-corrected chi connectivity index (χ4v) is 2.64. The molecule has 108 valence electrons. The SMILES string of the molecule is COCc1nc(CN[C@H]2CC(C)(C)OC2(C)C)no1. The molecule has 1 fully saturated rings. The molecule has 1 aromatic rings. The van der Waals surface area contributed by atoms with Crippen LogP contribution in [-0.4, -0.2) is 34.5 Å². The van der Waals surface area contributed by atoms with Gasteiger partial charge in [0.2, 0.25) is 0 Å². The Bertz CT molecular complexity index is 429. The number of methoxy groups -OCH3 is 1. The van der Waals surface area contributed by atoms with Crippen LogP contribution in [0.1, 0.15) is 45.8 Å². The van der Waals surface area contributed by atoms with Crippen molar-refractivity contribution in [1.82, 2.24) is 15.5 Å². The van der Waals surface area contributed by atoms with Gasteiger partial charge in [-0.1, -0.05) is 5.16 Å². The van der Waals surface area contributed by atoms with E-state index in [1.54, 1.807) is 7.11 Å². The summed E-state index contributed by atoms with van der Waals surface area (Å²) in [5, 5.41) is 7.36. The molecule has 6 nitrogen and oxygen atoms in total. The number of ether oxygens (including phenoxy) is 2. The molecule has 0 radical (unpaired) electrons. The van der Waals surface area contributed by atoms with Crippen LogP contribution in [0.4, 0.5) is 0 Å². The van der Waals surface area contributed by atoms with Gasteiger partial charge >= 0.3 is 0 Å². The Morgan fingerprint density at radius 2 is 2.11 bits per heavy atom. The van der Waals surface area contributed by atoms with Gasteiger partial charge in [-0.05, 0) is 34.1 Å². The van der Waals surface area contributed by atoms with Gasteiger partial charge in [-0.15, -0.1) is 0 Å². The van der Waals surface area contributed by atoms with Crippen molar-refractivity contribution in [2.75, 3.05) is 7.11 Å². The molecule has 1 atom stereocenters. The number of nitrogens with zero attached hydrogens (tertiary/aromatic N) is 2. The first-order chi connectivity index (χ1) is 8.82. The maximum Gasteiger partial charge on any atom is 0.252 e. The third-order valence-corrected chi connectivity index (χ3v) is 3.36. The van der Waals surface area contributed by atoms with E-state index in [0.29, 0.717) is 24.9 Å². The Morgan fingerprint density at radius 3 is 2.68 bits per heavy atom. The molecular formula is C13H23N3O3. The van der Waals surface area contributed by atoms with Crippen LogP contribution in [0.15, 0.2) is 4.52 Å². The molecule has 1 aliphatic heterocycles. The standard InChI is InChI=1S/C13H23N3O3/c1-12(2)6-9(13(3,4)19-12)14-7-10-15-11(8-17-5)18-16-10/h9,14H,6-8H2,1-5H3/t9-/m0/s1. The Morgan fingerprint density at radius 1 is 1.37 bits per heavy atom. The molecule has 1 aromatic heterocycles. The highest BCUT2D eigenvalue weighted by Crippen LogP contribution is 2.37. The van der Waals surface area contributed by atoms with Crippen LogP contribution >= 0.6 is 0 Å². The summed E-state index contributed by atoms with van der Waals surface area (Å²) < 4.78 is 16.0. The summed E-state index contributed by atoms with van der Waals surface area (Å²) >= 11 is 0. The zero-order valence-electron chi connectivity index (χ0n) is 12.3. The number of aromatic nitrogens is 2. The van der Waals surface area contributed by atoms with E-state index in [2.05, 4.69) is 43.2 Å². The normalized spacial score (nSPS) is 24.8. The first-order valence-electron chi connectivity index (χ1n) is 6.56. The van der Waals surface area contributed by atoms with E-state index in [9.17, 15) is 0 Å². The van der Waals surface area contributed by atoms with Gasteiger partial charge in [-0.25, -0.2) is 0 Å². The number of hydrogen-bond donors (Lipinski definition) is 1. The van der Waals surface area contributed by atoms with E-state index < -0.39 is 0 Å². The quantitative estimate of drug-likeness (QED) is 0.876. The molecule has 1 aliphatic rings. The van der Waals surface area contributed by atoms with Gasteiger partial charge in [-0.3, -0.25) is 0 Å². The summed E-state index contributed by atoms with van der Waals surface area (Å²) in [5.41, 5.74) is -0.289. The van der Waals surface area contributed by atoms with Crippen molar-refractivity contribution in [3.05, 3.63) is 11.7 Å². The van der Waals surface area contributed by atoms with Gasteiger partial charge in [0.1, 0.15) is 6.61 Å². The predicted octanol–water partition coefficient (Wildman–Crippen LogP) is 1.65. The molecule has 19 heavy (non-hydrogen) atoms. The van der Waals surface area contributed by atoms with Crippen LogP contribution in [0.25, 0.3) is 0 Å². The van der Waals surface area contributed by atoms with Gasteiger partial charge in [0.05, 0.1) is 17.7 Å². The van der Waals surface area contributed by atoms with Crippen molar-refractivity contribution in [3.8, 4) is 0 Å². The predicted molar refractivity (Wildman–Crippen MR) is 69.5 cm³/mol. The molecule has 0 bridgehead atoms. The number of hydrogen-bond acceptors (Lipinski definition) is 6. The first-order valence-corrected chi connectivity index (χ1v) is 6.56. The van der Waals surface area contributed by atoms with Crippen molar-refractivity contribution in [3.63, 3.8) is 0 Å². The molecule has 0 amide bonds. The minimum absolute atomic E-state index is 0.0976. The zero-order valence-corrected chi connectivity index (χ0v) is 12.3. The third-order valence-electron chi connectivity index (χ3n) is 3.36. The van der Waals surface area contributed by atoms with Crippen LogP contribution in [0.2, 0.25) is 0 Å². The van der Waals surface area contributed by atoms with Crippen molar-refractivity contribution < 1.29 is 14.0 Å². The highest BCUT2D eigenvalue weighted by atomic mass is 16.5. The molecule has 6 heteroatoms. The van der Waals surface area contributed by atoms with Gasteiger partial charge in [0, 0.05) is 13.2 Å². The molecule has 1 N–H and O–H groups in total. The molecular weight excluding hydrogens is 246 g/mol. The van der Waals surface area contributed by atoms with Crippen LogP contribution < -0.4 is 5.32 Å². The lowest BCUT2D eigenvalue weighted by Crippen LogP contribution is -2.43. The Labute approximate surface area is 113 Å². The average molecular weight is 269 g/mol. The van der Waals surface area contributed by atoms with Gasteiger partial charge in [-0.2, -0.15) is 4.98 Å². The van der Waals surface area contributed by atoms with E-state index in [0.717, 1.165) is 6.42 Å². The van der Waals surface area contributed by atoms with E-state index >= 15 is 0 Å². The van der Waals surface area contributed by atoms with E-state index in [-0.39, 0.29) is 17.2 Å². The zero-order chi connectivity index (χ0) is 14.1. The van der Waals surface area contributed by atoms with Crippen LogP contribution in [0, 0.1) is 0 Å². The number of nitrogens with one attached hydrogen (secondary N) is 1. The second kappa shape index (κ2) is 5.19. The Hall–Kier alpha value is -0.980. The average Bonchev–Trinajstić information content (AvgIpc) is 2.78. The van der Waals surface area contributed by atoms with E-state index in [1.807, 2.05) is 0 Å². The smallest absolute Gasteiger partial charge is 0.252 e. The van der Waals surface area contributed by atoms with Crippen molar-refractivity contribution >= 4 is 0 Å². The third kappa shape index (κ3) is 3.52. The summed E-state index contributed by atoms with van der Waals surface area (Å²) in [5.74, 6) is 1.15. The second-order valence-corrected chi connectivity index (χ2v) is 6.14. The molecule has 1 saturated heterocycles. The lowest BCUT2D eigenvalue weighted by molar-refractivity contribution is -0.0699. The maximum absolute atomic E-state index is 6.03. The highest BCUT2D eigenvalue weighted by molar-refractivity contribution is 4.99. The van der Waals surface area contributed by atoms with Crippen LogP contribution in [0.5, 0.6) is 0 Å². The lowest BCUT2D eigenvalue weighted by Gasteiger charge is -2.27. The minimum Gasteiger partial charge on any atom is -0.375 e. The Balaban J connectivity index is 1.91. The van der Waals surface area contributed by atoms with Crippen LogP contribution in [-0.2, 0) is 22.6 Å². The van der Waals surface area contributed by atoms with Crippen molar-refractivity contribution in [2.24, 2.45) is 0 Å². The summed E-state index contributed by atoms with van der Waals surface area (Å²) in [6.45, 7) is 9.35. The monoisotopic (exact) mass is 269 g/mol. The van der Waals surface area contributed by atoms with Gasteiger partial charge in [0.25, 0.3) is 5.89 Å². The fraction of sp³-hybridized carbons (Fsp3) is 0.846. The minimum atomic E-state index is -0.192. The summed E-state index contributed by atoms with van der Waals surface area (Å²) in [6.07, 6.45) is 0.961. The highest BCUT2D eigenvalue weighted by Gasteiger charge is 2.45. The number of rotatable bonds is 5. The second-order valence-electron chi connectivity index (χ2n) is 6.14. The maximum atomic E-state index is 6.03. The Kier molecular flexibility index (Phi) is 3.94. The molecule has 0 aliphatic carbocycles. The summed E-state index contributed by atoms with van der Waals surface area (Å²) in [4.78, 5) is 4.24. The fourth-order valence-electron chi connectivity index (χ4n) is 2.64. The molecule has 0 aromatic carbocycles. The van der Waals surface area contributed by atoms with Gasteiger partial charge in [0.15, 0.2) is 5.82 Å². The topological polar surface area (TPSA) is 69.4 Å². The van der Waals surface area contributed by atoms with Gasteiger partial charge < -0.3 is 19.3 Å². The first kappa shape index (κ1) is 14.4. The lowest BCUT2D eigenvalue weighted by atomic mass is 9.94. The van der Waals surface area contributed by atoms with E-state index in [4.69, 9.17) is 14.0 Å². The van der Waals surface area contributed by atoms with E-state index in [1.165, 1.54) is 0 Å². The molecule has 0 unspecified atom stereocenters. The summed E-state index contributed by atoms with van der Waals surface area (Å²) in [6, 6.07) is 0.270. The molecule has 2 heterocycles. The van der Waals surface area contributed by atoms with Crippen LogP contribution in [0.3, 0.4) is 0 Å². The molecule has 0 spiro atoms. The van der Waals surface area contributed by atoms with Crippen molar-refractivity contribution in [2.45, 2.75) is 64.5 Å². The largest absolute Gasteiger partial charge is 0.375 e. The summed E-state index contributed by atoms with van der Waals surface area (Å²) in [7, 11) is 1.60.